The molecule has 2 aromatic carbocycles. The van der Waals surface area contributed by atoms with Crippen molar-refractivity contribution >= 4 is 29.3 Å². The van der Waals surface area contributed by atoms with Crippen molar-refractivity contribution in [3.8, 4) is 11.5 Å². The Morgan fingerprint density at radius 2 is 1.35 bits per heavy atom. The summed E-state index contributed by atoms with van der Waals surface area (Å²) >= 11 is 0. The molecule has 7 heteroatoms. The summed E-state index contributed by atoms with van der Waals surface area (Å²) in [6.45, 7) is 3.85. The van der Waals surface area contributed by atoms with Crippen LogP contribution in [-0.4, -0.2) is 23.6 Å². The molecular weight excluding hydrogens is 338 g/mol. The minimum absolute atomic E-state index is 0.0684. The normalized spacial score (nSPS) is 9.96. The molecule has 2 rings (SSSR count). The van der Waals surface area contributed by atoms with Gasteiger partial charge in [-0.15, -0.1) is 0 Å². The van der Waals surface area contributed by atoms with Crippen LogP contribution in [0.4, 0.5) is 5.69 Å². The maximum Gasteiger partial charge on any atom is 0.308 e. The van der Waals surface area contributed by atoms with Crippen LogP contribution in [0.5, 0.6) is 11.5 Å². The number of anilines is 1. The fourth-order valence-electron chi connectivity index (χ4n) is 2.17. The molecule has 0 bridgehead atoms. The molecule has 0 atom stereocenters. The molecule has 1 amide bonds. The Balaban J connectivity index is 2.31. The zero-order valence-corrected chi connectivity index (χ0v) is 14.5. The highest BCUT2D eigenvalue weighted by atomic mass is 16.5. The van der Waals surface area contributed by atoms with E-state index >= 15 is 0 Å². The summed E-state index contributed by atoms with van der Waals surface area (Å²) in [6.07, 6.45) is 0. The van der Waals surface area contributed by atoms with Crippen LogP contribution in [0.2, 0.25) is 0 Å². The van der Waals surface area contributed by atoms with E-state index in [4.69, 9.17) is 9.47 Å². The molecule has 2 aromatic rings. The van der Waals surface area contributed by atoms with Crippen LogP contribution in [0, 0.1) is 0 Å². The summed E-state index contributed by atoms with van der Waals surface area (Å²) in [5, 5.41) is 2.64. The largest absolute Gasteiger partial charge is 0.427 e. The van der Waals surface area contributed by atoms with E-state index in [0.717, 1.165) is 0 Å². The van der Waals surface area contributed by atoms with Gasteiger partial charge in [0.2, 0.25) is 0 Å². The number of nitrogens with one attached hydrogen (secondary N) is 1. The molecule has 0 saturated carbocycles. The van der Waals surface area contributed by atoms with Gasteiger partial charge in [-0.2, -0.15) is 0 Å². The molecule has 0 unspecified atom stereocenters. The number of esters is 2. The van der Waals surface area contributed by atoms with Crippen LogP contribution < -0.4 is 14.8 Å². The molecule has 0 aliphatic heterocycles. The van der Waals surface area contributed by atoms with Crippen LogP contribution in [0.3, 0.4) is 0 Å². The second kappa shape index (κ2) is 8.06. The van der Waals surface area contributed by atoms with E-state index in [2.05, 4.69) is 5.32 Å². The minimum Gasteiger partial charge on any atom is -0.427 e. The molecule has 0 radical (unpaired) electrons. The third kappa shape index (κ3) is 5.27. The first-order chi connectivity index (χ1) is 12.2. The number of hydrogen-bond donors (Lipinski definition) is 1. The van der Waals surface area contributed by atoms with Crippen LogP contribution in [0.1, 0.15) is 41.5 Å². The standard InChI is InChI=1S/C19H17NO6/c1-11(21)14-5-4-6-16(7-14)20-19(24)15-8-17(25-12(2)22)10-18(9-15)26-13(3)23/h4-10H,1-3H3,(H,20,24). The van der Waals surface area contributed by atoms with Crippen molar-refractivity contribution in [1.29, 1.82) is 0 Å². The van der Waals surface area contributed by atoms with Crippen molar-refractivity contribution in [2.75, 3.05) is 5.32 Å². The van der Waals surface area contributed by atoms with Gasteiger partial charge >= 0.3 is 11.9 Å². The van der Waals surface area contributed by atoms with Gasteiger partial charge in [0.1, 0.15) is 11.5 Å². The number of benzene rings is 2. The third-order valence-corrected chi connectivity index (χ3v) is 3.19. The van der Waals surface area contributed by atoms with Gasteiger partial charge in [-0.3, -0.25) is 19.2 Å². The molecule has 7 nitrogen and oxygen atoms in total. The lowest BCUT2D eigenvalue weighted by atomic mass is 10.1. The van der Waals surface area contributed by atoms with E-state index in [1.807, 2.05) is 0 Å². The molecule has 26 heavy (non-hydrogen) atoms. The summed E-state index contributed by atoms with van der Waals surface area (Å²) in [5.74, 6) is -1.67. The first-order valence-electron chi connectivity index (χ1n) is 7.69. The van der Waals surface area contributed by atoms with Gasteiger partial charge in [-0.25, -0.2) is 0 Å². The van der Waals surface area contributed by atoms with Gasteiger partial charge in [-0.1, -0.05) is 12.1 Å². The van der Waals surface area contributed by atoms with Crippen molar-refractivity contribution in [2.45, 2.75) is 20.8 Å². The predicted molar refractivity (Wildman–Crippen MR) is 93.5 cm³/mol. The second-order valence-corrected chi connectivity index (χ2v) is 5.47. The number of rotatable bonds is 5. The van der Waals surface area contributed by atoms with Gasteiger partial charge in [0.15, 0.2) is 5.78 Å². The minimum atomic E-state index is -0.578. The van der Waals surface area contributed by atoms with E-state index in [0.29, 0.717) is 11.3 Å². The van der Waals surface area contributed by atoms with Crippen LogP contribution in [0.25, 0.3) is 0 Å². The summed E-state index contributed by atoms with van der Waals surface area (Å²) in [5.41, 5.74) is 1.000. The van der Waals surface area contributed by atoms with Crippen molar-refractivity contribution in [3.63, 3.8) is 0 Å². The second-order valence-electron chi connectivity index (χ2n) is 5.47. The SMILES string of the molecule is CC(=O)Oc1cc(OC(C)=O)cc(C(=O)Nc2cccc(C(C)=O)c2)c1. The Hall–Kier alpha value is -3.48. The highest BCUT2D eigenvalue weighted by Gasteiger charge is 2.13. The monoisotopic (exact) mass is 355 g/mol. The number of hydrogen-bond acceptors (Lipinski definition) is 6. The Bertz CT molecular complexity index is 853. The fraction of sp³-hybridized carbons (Fsp3) is 0.158. The van der Waals surface area contributed by atoms with Crippen LogP contribution >= 0.6 is 0 Å². The van der Waals surface area contributed by atoms with Gasteiger partial charge < -0.3 is 14.8 Å². The predicted octanol–water partition coefficient (Wildman–Crippen LogP) is 2.99. The molecule has 0 saturated heterocycles. The maximum atomic E-state index is 12.5. The highest BCUT2D eigenvalue weighted by molar-refractivity contribution is 6.05. The van der Waals surface area contributed by atoms with Crippen molar-refractivity contribution in [3.05, 3.63) is 53.6 Å². The fourth-order valence-corrected chi connectivity index (χ4v) is 2.17. The Morgan fingerprint density at radius 3 is 1.85 bits per heavy atom. The molecule has 134 valence electrons. The summed E-state index contributed by atoms with van der Waals surface area (Å²) in [4.78, 5) is 46.2. The van der Waals surface area contributed by atoms with Gasteiger partial charge in [0, 0.05) is 36.7 Å². The summed E-state index contributed by atoms with van der Waals surface area (Å²) in [6, 6.07) is 10.5. The number of carbonyl (C=O) groups is 4. The topological polar surface area (TPSA) is 98.8 Å². The molecule has 0 heterocycles. The van der Waals surface area contributed by atoms with Crippen molar-refractivity contribution in [1.82, 2.24) is 0 Å². The Labute approximate surface area is 149 Å². The molecule has 0 fully saturated rings. The Morgan fingerprint density at radius 1 is 0.769 bits per heavy atom. The first-order valence-corrected chi connectivity index (χ1v) is 7.69. The lowest BCUT2D eigenvalue weighted by Gasteiger charge is -2.10. The van der Waals surface area contributed by atoms with Crippen LogP contribution in [0.15, 0.2) is 42.5 Å². The Kier molecular flexibility index (Phi) is 5.85. The highest BCUT2D eigenvalue weighted by Crippen LogP contribution is 2.24. The maximum absolute atomic E-state index is 12.5. The van der Waals surface area contributed by atoms with E-state index in [1.54, 1.807) is 24.3 Å². The van der Waals surface area contributed by atoms with Crippen molar-refractivity contribution < 1.29 is 28.7 Å². The number of carbonyl (C=O) groups excluding carboxylic acids is 4. The lowest BCUT2D eigenvalue weighted by Crippen LogP contribution is -2.13. The van der Waals surface area contributed by atoms with E-state index in [1.165, 1.54) is 39.0 Å². The zero-order chi connectivity index (χ0) is 19.3. The first kappa shape index (κ1) is 18.9. The van der Waals surface area contributed by atoms with Gasteiger partial charge in [0.05, 0.1) is 0 Å². The third-order valence-electron chi connectivity index (χ3n) is 3.19. The van der Waals surface area contributed by atoms with Gasteiger partial charge in [-0.05, 0) is 31.2 Å². The number of ketones is 1. The molecule has 0 aliphatic rings. The number of ether oxygens (including phenoxy) is 2. The van der Waals surface area contributed by atoms with E-state index in [9.17, 15) is 19.2 Å². The average Bonchev–Trinajstić information content (AvgIpc) is 2.53. The quantitative estimate of drug-likeness (QED) is 0.503. The molecule has 0 aliphatic carbocycles. The van der Waals surface area contributed by atoms with E-state index < -0.39 is 17.8 Å². The lowest BCUT2D eigenvalue weighted by molar-refractivity contribution is -0.132. The summed E-state index contributed by atoms with van der Waals surface area (Å²) in [7, 11) is 0. The number of Topliss-reactive ketones (excluding diaryl/α,β-unsaturated/α-hetero) is 1. The van der Waals surface area contributed by atoms with E-state index in [-0.39, 0.29) is 22.8 Å². The average molecular weight is 355 g/mol. The smallest absolute Gasteiger partial charge is 0.308 e. The number of amides is 1. The molecule has 0 spiro atoms. The van der Waals surface area contributed by atoms with Crippen LogP contribution in [-0.2, 0) is 9.59 Å². The zero-order valence-electron chi connectivity index (χ0n) is 14.5. The summed E-state index contributed by atoms with van der Waals surface area (Å²) < 4.78 is 9.95. The molecular formula is C19H17NO6. The van der Waals surface area contributed by atoms with Crippen molar-refractivity contribution in [2.24, 2.45) is 0 Å². The molecule has 1 N–H and O–H groups in total. The molecule has 0 aromatic heterocycles. The van der Waals surface area contributed by atoms with Gasteiger partial charge in [0.25, 0.3) is 5.91 Å².